The fraction of sp³-hybridized carbons (Fsp3) is 0.300. The highest BCUT2D eigenvalue weighted by Crippen LogP contribution is 2.22. The quantitative estimate of drug-likeness (QED) is 0.758. The molecule has 5 heteroatoms. The van der Waals surface area contributed by atoms with Gasteiger partial charge in [-0.15, -0.1) is 0 Å². The van der Waals surface area contributed by atoms with Gasteiger partial charge < -0.3 is 5.32 Å². The first-order valence-electron chi connectivity index (χ1n) is 8.41. The van der Waals surface area contributed by atoms with E-state index in [2.05, 4.69) is 16.0 Å². The van der Waals surface area contributed by atoms with E-state index in [9.17, 15) is 9.59 Å². The van der Waals surface area contributed by atoms with Gasteiger partial charge in [-0.3, -0.25) is 15.4 Å². The van der Waals surface area contributed by atoms with Gasteiger partial charge in [0.2, 0.25) is 5.91 Å². The first-order valence-corrected chi connectivity index (χ1v) is 8.41. The lowest BCUT2D eigenvalue weighted by atomic mass is 9.98. The van der Waals surface area contributed by atoms with E-state index >= 15 is 0 Å². The van der Waals surface area contributed by atoms with Crippen molar-refractivity contribution in [2.75, 3.05) is 6.54 Å². The number of hydrogen-bond donors (Lipinski definition) is 3. The van der Waals surface area contributed by atoms with Crippen LogP contribution in [0.1, 0.15) is 36.6 Å². The van der Waals surface area contributed by atoms with E-state index in [1.54, 1.807) is 0 Å². The molecule has 0 fully saturated rings. The van der Waals surface area contributed by atoms with Crippen LogP contribution in [0.2, 0.25) is 0 Å². The van der Waals surface area contributed by atoms with Crippen molar-refractivity contribution in [3.8, 4) is 0 Å². The third-order valence-electron chi connectivity index (χ3n) is 3.68. The summed E-state index contributed by atoms with van der Waals surface area (Å²) in [5, 5.41) is 8.20. The lowest BCUT2D eigenvalue weighted by molar-refractivity contribution is -0.119. The molecule has 0 unspecified atom stereocenters. The smallest absolute Gasteiger partial charge is 0.321 e. The number of carbonyl (C=O) groups excluding carboxylic acids is 2. The molecule has 0 heterocycles. The van der Waals surface area contributed by atoms with Crippen LogP contribution in [0.15, 0.2) is 54.6 Å². The maximum Gasteiger partial charge on any atom is 0.321 e. The molecule has 0 radical (unpaired) electrons. The second-order valence-electron chi connectivity index (χ2n) is 6.31. The Hall–Kier alpha value is -2.66. The number of rotatable bonds is 6. The van der Waals surface area contributed by atoms with Crippen molar-refractivity contribution < 1.29 is 9.59 Å². The van der Waals surface area contributed by atoms with E-state index in [0.29, 0.717) is 0 Å². The lowest BCUT2D eigenvalue weighted by Gasteiger charge is -2.20. The number of benzene rings is 2. The van der Waals surface area contributed by atoms with Crippen molar-refractivity contribution in [3.63, 3.8) is 0 Å². The molecule has 1 atom stereocenters. The van der Waals surface area contributed by atoms with Crippen molar-refractivity contribution in [1.82, 2.24) is 16.0 Å². The predicted molar refractivity (Wildman–Crippen MR) is 99.3 cm³/mol. The van der Waals surface area contributed by atoms with Crippen LogP contribution in [0, 0.1) is 6.92 Å². The summed E-state index contributed by atoms with van der Waals surface area (Å²) in [4.78, 5) is 23.6. The first kappa shape index (κ1) is 18.7. The molecule has 2 aromatic carbocycles. The van der Waals surface area contributed by atoms with Gasteiger partial charge >= 0.3 is 6.03 Å². The van der Waals surface area contributed by atoms with Gasteiger partial charge in [0.05, 0.1) is 12.6 Å². The zero-order chi connectivity index (χ0) is 18.2. The second kappa shape index (κ2) is 8.99. The molecule has 0 spiro atoms. The maximum absolute atomic E-state index is 12.0. The van der Waals surface area contributed by atoms with Gasteiger partial charge in [0.25, 0.3) is 0 Å². The van der Waals surface area contributed by atoms with Crippen molar-refractivity contribution in [2.24, 2.45) is 0 Å². The first-order chi connectivity index (χ1) is 12.0. The third-order valence-corrected chi connectivity index (χ3v) is 3.68. The van der Waals surface area contributed by atoms with Gasteiger partial charge in [0, 0.05) is 6.04 Å². The highest BCUT2D eigenvalue weighted by Gasteiger charge is 2.16. The minimum Gasteiger partial charge on any atom is -0.336 e. The Labute approximate surface area is 148 Å². The molecule has 0 aromatic heterocycles. The normalized spacial score (nSPS) is 11.8. The highest BCUT2D eigenvalue weighted by atomic mass is 16.2. The number of amides is 3. The molecule has 0 bridgehead atoms. The van der Waals surface area contributed by atoms with Crippen LogP contribution in [0.4, 0.5) is 4.79 Å². The summed E-state index contributed by atoms with van der Waals surface area (Å²) in [5.41, 5.74) is 3.31. The van der Waals surface area contributed by atoms with E-state index in [1.165, 1.54) is 5.56 Å². The van der Waals surface area contributed by atoms with Gasteiger partial charge in [0.15, 0.2) is 0 Å². The molecular weight excluding hydrogens is 314 g/mol. The van der Waals surface area contributed by atoms with Crippen LogP contribution in [0.5, 0.6) is 0 Å². The lowest BCUT2D eigenvalue weighted by Crippen LogP contribution is -2.46. The molecule has 2 aromatic rings. The Morgan fingerprint density at radius 3 is 2.12 bits per heavy atom. The molecular formula is C20H25N3O2. The van der Waals surface area contributed by atoms with Crippen LogP contribution >= 0.6 is 0 Å². The Balaban J connectivity index is 2.05. The topological polar surface area (TPSA) is 70.2 Å². The molecule has 0 saturated heterocycles. The Morgan fingerprint density at radius 2 is 1.52 bits per heavy atom. The summed E-state index contributed by atoms with van der Waals surface area (Å²) in [6.07, 6.45) is 0. The maximum atomic E-state index is 12.0. The number of aryl methyl sites for hydroxylation is 1. The summed E-state index contributed by atoms with van der Waals surface area (Å²) >= 11 is 0. The van der Waals surface area contributed by atoms with Gasteiger partial charge in [-0.05, 0) is 31.9 Å². The Morgan fingerprint density at radius 1 is 0.920 bits per heavy atom. The zero-order valence-corrected chi connectivity index (χ0v) is 14.9. The Kier molecular flexibility index (Phi) is 6.71. The van der Waals surface area contributed by atoms with Gasteiger partial charge in [-0.1, -0.05) is 60.2 Å². The average molecular weight is 339 g/mol. The van der Waals surface area contributed by atoms with Crippen molar-refractivity contribution in [1.29, 1.82) is 0 Å². The highest BCUT2D eigenvalue weighted by molar-refractivity contribution is 5.95. The van der Waals surface area contributed by atoms with Gasteiger partial charge in [0.1, 0.15) is 0 Å². The molecule has 3 amide bonds. The summed E-state index contributed by atoms with van der Waals surface area (Å²) in [6.45, 7) is 5.75. The van der Waals surface area contributed by atoms with E-state index in [0.717, 1.165) is 11.1 Å². The number of hydrogen-bond acceptors (Lipinski definition) is 3. The van der Waals surface area contributed by atoms with Gasteiger partial charge in [-0.25, -0.2) is 4.79 Å². The van der Waals surface area contributed by atoms with E-state index in [1.807, 2.05) is 75.4 Å². The summed E-state index contributed by atoms with van der Waals surface area (Å²) in [6, 6.07) is 17.5. The van der Waals surface area contributed by atoms with Crippen LogP contribution in [-0.2, 0) is 4.79 Å². The molecule has 0 aliphatic rings. The average Bonchev–Trinajstić information content (AvgIpc) is 2.56. The Bertz CT molecular complexity index is 697. The second-order valence-corrected chi connectivity index (χ2v) is 6.31. The standard InChI is InChI=1S/C20H25N3O2/c1-14(2)22-20(25)23-18(24)13-21-19(16-7-5-4-6-8-16)17-11-9-15(3)10-12-17/h4-12,14,19,21H,13H2,1-3H3,(H2,22,23,24,25)/t19-/m0/s1. The van der Waals surface area contributed by atoms with Crippen molar-refractivity contribution in [2.45, 2.75) is 32.9 Å². The molecule has 0 aliphatic heterocycles. The van der Waals surface area contributed by atoms with Crippen molar-refractivity contribution in [3.05, 3.63) is 71.3 Å². The van der Waals surface area contributed by atoms with E-state index < -0.39 is 6.03 Å². The fourth-order valence-corrected chi connectivity index (χ4v) is 2.50. The zero-order valence-electron chi connectivity index (χ0n) is 14.9. The minimum atomic E-state index is -0.478. The summed E-state index contributed by atoms with van der Waals surface area (Å²) < 4.78 is 0. The molecule has 0 saturated carbocycles. The summed E-state index contributed by atoms with van der Waals surface area (Å²) in [7, 11) is 0. The monoisotopic (exact) mass is 339 g/mol. The van der Waals surface area contributed by atoms with Crippen molar-refractivity contribution >= 4 is 11.9 Å². The summed E-state index contributed by atoms with van der Waals surface area (Å²) in [5.74, 6) is -0.369. The van der Waals surface area contributed by atoms with Gasteiger partial charge in [-0.2, -0.15) is 0 Å². The molecule has 132 valence electrons. The predicted octanol–water partition coefficient (Wildman–Crippen LogP) is 2.91. The van der Waals surface area contributed by atoms with Crippen LogP contribution in [0.3, 0.4) is 0 Å². The number of imide groups is 1. The molecule has 5 nitrogen and oxygen atoms in total. The third kappa shape index (κ3) is 6.04. The van der Waals surface area contributed by atoms with E-state index in [4.69, 9.17) is 0 Å². The van der Waals surface area contributed by atoms with E-state index in [-0.39, 0.29) is 24.5 Å². The largest absolute Gasteiger partial charge is 0.336 e. The SMILES string of the molecule is Cc1ccc([C@@H](NCC(=O)NC(=O)NC(C)C)c2ccccc2)cc1. The number of nitrogens with one attached hydrogen (secondary N) is 3. The van der Waals surface area contributed by atoms with Crippen LogP contribution < -0.4 is 16.0 Å². The molecule has 3 N–H and O–H groups in total. The van der Waals surface area contributed by atoms with Crippen LogP contribution in [0.25, 0.3) is 0 Å². The van der Waals surface area contributed by atoms with Crippen LogP contribution in [-0.4, -0.2) is 24.5 Å². The molecule has 25 heavy (non-hydrogen) atoms. The fourth-order valence-electron chi connectivity index (χ4n) is 2.50. The number of carbonyl (C=O) groups is 2. The molecule has 2 rings (SSSR count). The molecule has 0 aliphatic carbocycles. The minimum absolute atomic E-state index is 0.0228. The number of urea groups is 1.